The van der Waals surface area contributed by atoms with Gasteiger partial charge >= 0.3 is 0 Å². The van der Waals surface area contributed by atoms with Gasteiger partial charge in [0.25, 0.3) is 11.6 Å². The summed E-state index contributed by atoms with van der Waals surface area (Å²) in [7, 11) is 0. The number of nitrogens with zero attached hydrogens (tertiary/aromatic N) is 1. The largest absolute Gasteiger partial charge is 0.350 e. The molecule has 0 radical (unpaired) electrons. The number of nitro benzene ring substituents is 1. The molecule has 0 bridgehead atoms. The lowest BCUT2D eigenvalue weighted by Crippen LogP contribution is -2.39. The molecule has 2 N–H and O–H groups in total. The molecule has 1 atom stereocenters. The van der Waals surface area contributed by atoms with E-state index in [1.54, 1.807) is 0 Å². The van der Waals surface area contributed by atoms with Gasteiger partial charge in [-0.1, -0.05) is 6.92 Å². The van der Waals surface area contributed by atoms with Crippen molar-refractivity contribution in [3.63, 3.8) is 0 Å². The molecule has 20 heavy (non-hydrogen) atoms. The molecule has 0 aliphatic carbocycles. The van der Waals surface area contributed by atoms with Crippen LogP contribution in [0.15, 0.2) is 12.1 Å². The highest BCUT2D eigenvalue weighted by Crippen LogP contribution is 2.24. The van der Waals surface area contributed by atoms with E-state index in [2.05, 4.69) is 10.6 Å². The number of aryl methyl sites for hydroxylation is 1. The number of carbonyl (C=O) groups is 1. The lowest BCUT2D eigenvalue weighted by Gasteiger charge is -2.13. The molecule has 1 amide bonds. The smallest absolute Gasteiger partial charge is 0.285 e. The van der Waals surface area contributed by atoms with Crippen molar-refractivity contribution < 1.29 is 14.1 Å². The summed E-state index contributed by atoms with van der Waals surface area (Å²) in [6.07, 6.45) is 0. The SMILES string of the molecule is CCN[C@H](C)CNC(=O)c1cc(F)cc(C)c1[N+](=O)[O-]. The first-order chi connectivity index (χ1) is 9.36. The van der Waals surface area contributed by atoms with Crippen molar-refractivity contribution in [1.29, 1.82) is 0 Å². The zero-order valence-electron chi connectivity index (χ0n) is 11.7. The number of hydrogen-bond donors (Lipinski definition) is 2. The Balaban J connectivity index is 2.95. The van der Waals surface area contributed by atoms with Crippen LogP contribution in [0.2, 0.25) is 0 Å². The number of nitro groups is 1. The zero-order chi connectivity index (χ0) is 15.3. The Morgan fingerprint density at radius 1 is 1.50 bits per heavy atom. The molecule has 0 unspecified atom stereocenters. The van der Waals surface area contributed by atoms with Crippen molar-refractivity contribution in [3.05, 3.63) is 39.2 Å². The first-order valence-electron chi connectivity index (χ1n) is 6.33. The molecule has 0 fully saturated rings. The maximum atomic E-state index is 13.3. The average Bonchev–Trinajstić information content (AvgIpc) is 2.34. The Kier molecular flexibility index (Phi) is 5.57. The summed E-state index contributed by atoms with van der Waals surface area (Å²) in [4.78, 5) is 22.3. The third-order valence-electron chi connectivity index (χ3n) is 2.81. The van der Waals surface area contributed by atoms with E-state index in [-0.39, 0.29) is 22.9 Å². The van der Waals surface area contributed by atoms with Crippen molar-refractivity contribution in [1.82, 2.24) is 10.6 Å². The molecule has 0 saturated heterocycles. The molecular formula is C13H18FN3O3. The molecule has 0 heterocycles. The summed E-state index contributed by atoms with van der Waals surface area (Å²) in [6, 6.07) is 1.95. The Morgan fingerprint density at radius 2 is 2.15 bits per heavy atom. The molecule has 0 spiro atoms. The number of halogens is 1. The van der Waals surface area contributed by atoms with Gasteiger partial charge in [-0.05, 0) is 32.5 Å². The fourth-order valence-electron chi connectivity index (χ4n) is 1.91. The molecular weight excluding hydrogens is 265 g/mol. The van der Waals surface area contributed by atoms with Gasteiger partial charge < -0.3 is 10.6 Å². The second kappa shape index (κ2) is 6.95. The van der Waals surface area contributed by atoms with Gasteiger partial charge in [0.2, 0.25) is 0 Å². The Morgan fingerprint density at radius 3 is 2.70 bits per heavy atom. The van der Waals surface area contributed by atoms with Crippen molar-refractivity contribution in [3.8, 4) is 0 Å². The first-order valence-corrected chi connectivity index (χ1v) is 6.33. The quantitative estimate of drug-likeness (QED) is 0.615. The predicted octanol–water partition coefficient (Wildman–Crippen LogP) is 1.77. The molecule has 0 aliphatic rings. The topological polar surface area (TPSA) is 84.3 Å². The number of rotatable bonds is 6. The predicted molar refractivity (Wildman–Crippen MR) is 73.3 cm³/mol. The van der Waals surface area contributed by atoms with E-state index in [4.69, 9.17) is 0 Å². The average molecular weight is 283 g/mol. The lowest BCUT2D eigenvalue weighted by atomic mass is 10.1. The monoisotopic (exact) mass is 283 g/mol. The van der Waals surface area contributed by atoms with E-state index in [1.165, 1.54) is 6.92 Å². The summed E-state index contributed by atoms with van der Waals surface area (Å²) in [6.45, 7) is 6.25. The molecule has 1 aromatic carbocycles. The first kappa shape index (κ1) is 16.0. The van der Waals surface area contributed by atoms with E-state index >= 15 is 0 Å². The van der Waals surface area contributed by atoms with Crippen LogP contribution in [0.25, 0.3) is 0 Å². The molecule has 1 aromatic rings. The van der Waals surface area contributed by atoms with Gasteiger partial charge in [-0.25, -0.2) is 4.39 Å². The molecule has 7 heteroatoms. The Hall–Kier alpha value is -2.02. The third-order valence-corrected chi connectivity index (χ3v) is 2.81. The highest BCUT2D eigenvalue weighted by atomic mass is 19.1. The minimum absolute atomic E-state index is 0.0256. The van der Waals surface area contributed by atoms with Crippen LogP contribution in [-0.2, 0) is 0 Å². The van der Waals surface area contributed by atoms with Crippen molar-refractivity contribution in [2.45, 2.75) is 26.8 Å². The van der Waals surface area contributed by atoms with Crippen LogP contribution in [0.4, 0.5) is 10.1 Å². The van der Waals surface area contributed by atoms with Gasteiger partial charge in [0, 0.05) is 18.2 Å². The lowest BCUT2D eigenvalue weighted by molar-refractivity contribution is -0.385. The molecule has 0 aliphatic heterocycles. The van der Waals surface area contributed by atoms with Gasteiger partial charge in [-0.15, -0.1) is 0 Å². The van der Waals surface area contributed by atoms with Gasteiger partial charge in [0.1, 0.15) is 11.4 Å². The number of likely N-dealkylation sites (N-methyl/N-ethyl adjacent to an activating group) is 1. The van der Waals surface area contributed by atoms with E-state index in [9.17, 15) is 19.3 Å². The number of benzene rings is 1. The van der Waals surface area contributed by atoms with Crippen molar-refractivity contribution in [2.75, 3.05) is 13.1 Å². The molecule has 1 rings (SSSR count). The van der Waals surface area contributed by atoms with Gasteiger partial charge in [-0.3, -0.25) is 14.9 Å². The van der Waals surface area contributed by atoms with E-state index in [0.717, 1.165) is 18.7 Å². The van der Waals surface area contributed by atoms with Crippen molar-refractivity contribution >= 4 is 11.6 Å². The van der Waals surface area contributed by atoms with Crippen LogP contribution >= 0.6 is 0 Å². The summed E-state index contributed by atoms with van der Waals surface area (Å²) in [5.74, 6) is -1.32. The number of carbonyl (C=O) groups excluding carboxylic acids is 1. The Labute approximate surface area is 116 Å². The maximum Gasteiger partial charge on any atom is 0.285 e. The standard InChI is InChI=1S/C13H18FN3O3/c1-4-15-9(3)7-16-13(18)11-6-10(14)5-8(2)12(11)17(19)20/h5-6,9,15H,4,7H2,1-3H3,(H,16,18)/t9-/m1/s1. The van der Waals surface area contributed by atoms with Gasteiger partial charge in [-0.2, -0.15) is 0 Å². The van der Waals surface area contributed by atoms with Gasteiger partial charge in [0.15, 0.2) is 0 Å². The number of hydrogen-bond acceptors (Lipinski definition) is 4. The van der Waals surface area contributed by atoms with E-state index in [0.29, 0.717) is 6.54 Å². The fourth-order valence-corrected chi connectivity index (χ4v) is 1.91. The van der Waals surface area contributed by atoms with Crippen LogP contribution in [0.5, 0.6) is 0 Å². The van der Waals surface area contributed by atoms with Crippen LogP contribution in [0, 0.1) is 22.9 Å². The minimum Gasteiger partial charge on any atom is -0.350 e. The van der Waals surface area contributed by atoms with Gasteiger partial charge in [0.05, 0.1) is 4.92 Å². The molecule has 0 aromatic heterocycles. The second-order valence-corrected chi connectivity index (χ2v) is 4.54. The number of nitrogens with one attached hydrogen (secondary N) is 2. The molecule has 0 saturated carbocycles. The molecule has 6 nitrogen and oxygen atoms in total. The zero-order valence-corrected chi connectivity index (χ0v) is 11.7. The normalized spacial score (nSPS) is 12.0. The minimum atomic E-state index is -0.669. The van der Waals surface area contributed by atoms with E-state index in [1.807, 2.05) is 13.8 Å². The summed E-state index contributed by atoms with van der Waals surface area (Å²) >= 11 is 0. The number of amides is 1. The molecule has 110 valence electrons. The van der Waals surface area contributed by atoms with Crippen LogP contribution in [0.3, 0.4) is 0 Å². The summed E-state index contributed by atoms with van der Waals surface area (Å²) < 4.78 is 13.3. The second-order valence-electron chi connectivity index (χ2n) is 4.54. The third kappa shape index (κ3) is 3.99. The maximum absolute atomic E-state index is 13.3. The van der Waals surface area contributed by atoms with Crippen LogP contribution in [0.1, 0.15) is 29.8 Å². The van der Waals surface area contributed by atoms with E-state index < -0.39 is 16.6 Å². The Bertz CT molecular complexity index is 520. The summed E-state index contributed by atoms with van der Waals surface area (Å²) in [5.41, 5.74) is -0.490. The summed E-state index contributed by atoms with van der Waals surface area (Å²) in [5, 5.41) is 16.6. The van der Waals surface area contributed by atoms with Crippen LogP contribution in [-0.4, -0.2) is 30.0 Å². The highest BCUT2D eigenvalue weighted by molar-refractivity contribution is 5.98. The van der Waals surface area contributed by atoms with Crippen molar-refractivity contribution in [2.24, 2.45) is 0 Å². The van der Waals surface area contributed by atoms with Crippen LogP contribution < -0.4 is 10.6 Å². The highest BCUT2D eigenvalue weighted by Gasteiger charge is 2.24. The fraction of sp³-hybridized carbons (Fsp3) is 0.462.